The molecule has 14 heavy (non-hydrogen) atoms. The van der Waals surface area contributed by atoms with Crippen molar-refractivity contribution in [1.29, 1.82) is 0 Å². The van der Waals surface area contributed by atoms with Gasteiger partial charge in [-0.2, -0.15) is 13.2 Å². The van der Waals surface area contributed by atoms with E-state index in [0.717, 1.165) is 6.07 Å². The highest BCUT2D eigenvalue weighted by atomic mass is 35.5. The van der Waals surface area contributed by atoms with Gasteiger partial charge in [-0.25, -0.2) is 0 Å². The summed E-state index contributed by atoms with van der Waals surface area (Å²) in [6, 6.07) is 5.93. The molecule has 0 aliphatic heterocycles. The van der Waals surface area contributed by atoms with Gasteiger partial charge in [-0.3, -0.25) is 0 Å². The summed E-state index contributed by atoms with van der Waals surface area (Å²) in [5.41, 5.74) is 0. The third-order valence-corrected chi connectivity index (χ3v) is 3.26. The summed E-state index contributed by atoms with van der Waals surface area (Å²) < 4.78 is 37.5. The van der Waals surface area contributed by atoms with Crippen molar-refractivity contribution in [3.63, 3.8) is 0 Å². The Labute approximate surface area is 86.9 Å². The first-order valence-electron chi connectivity index (χ1n) is 3.74. The molecule has 0 atom stereocenters. The second kappa shape index (κ2) is 3.14. The third-order valence-electron chi connectivity index (χ3n) is 1.79. The molecule has 0 aliphatic carbocycles. The van der Waals surface area contributed by atoms with Crippen molar-refractivity contribution < 1.29 is 13.2 Å². The molecule has 0 unspecified atom stereocenters. The van der Waals surface area contributed by atoms with Crippen molar-refractivity contribution >= 4 is 33.0 Å². The molecule has 0 amide bonds. The van der Waals surface area contributed by atoms with Gasteiger partial charge in [-0.05, 0) is 18.2 Å². The van der Waals surface area contributed by atoms with Gasteiger partial charge in [0.2, 0.25) is 0 Å². The van der Waals surface area contributed by atoms with Crippen LogP contribution >= 0.6 is 22.9 Å². The van der Waals surface area contributed by atoms with Crippen molar-refractivity contribution in [2.24, 2.45) is 0 Å². The minimum Gasteiger partial charge on any atom is -0.165 e. The van der Waals surface area contributed by atoms with Crippen LogP contribution in [-0.4, -0.2) is 0 Å². The molecule has 74 valence electrons. The topological polar surface area (TPSA) is 0 Å². The number of halogens is 4. The van der Waals surface area contributed by atoms with Gasteiger partial charge >= 0.3 is 6.18 Å². The number of benzene rings is 1. The fraction of sp³-hybridized carbons (Fsp3) is 0.111. The molecular weight excluding hydrogens is 233 g/mol. The fourth-order valence-corrected chi connectivity index (χ4v) is 2.41. The van der Waals surface area contributed by atoms with Crippen LogP contribution in [0.25, 0.3) is 10.1 Å². The standard InChI is InChI=1S/C9H4ClF3S/c10-6-2-1-3-7-5(6)4-8(14-7)9(11,12)13/h1-4H. The lowest BCUT2D eigenvalue weighted by molar-refractivity contribution is -0.134. The lowest BCUT2D eigenvalue weighted by atomic mass is 10.2. The summed E-state index contributed by atoms with van der Waals surface area (Å²) in [7, 11) is 0. The minimum atomic E-state index is -4.28. The van der Waals surface area contributed by atoms with Crippen molar-refractivity contribution in [3.8, 4) is 0 Å². The summed E-state index contributed by atoms with van der Waals surface area (Å²) in [5, 5.41) is 0.820. The van der Waals surface area contributed by atoms with Crippen LogP contribution < -0.4 is 0 Å². The van der Waals surface area contributed by atoms with E-state index in [1.807, 2.05) is 0 Å². The fourth-order valence-electron chi connectivity index (χ4n) is 1.17. The van der Waals surface area contributed by atoms with Crippen molar-refractivity contribution in [3.05, 3.63) is 34.2 Å². The average Bonchev–Trinajstić information content (AvgIpc) is 2.48. The highest BCUT2D eigenvalue weighted by molar-refractivity contribution is 7.19. The van der Waals surface area contributed by atoms with Crippen molar-refractivity contribution in [1.82, 2.24) is 0 Å². The summed E-state index contributed by atoms with van der Waals surface area (Å²) in [6.07, 6.45) is -4.28. The van der Waals surface area contributed by atoms with Gasteiger partial charge in [-0.15, -0.1) is 11.3 Å². The van der Waals surface area contributed by atoms with Crippen LogP contribution in [0.3, 0.4) is 0 Å². The number of alkyl halides is 3. The predicted octanol–water partition coefficient (Wildman–Crippen LogP) is 4.57. The van der Waals surface area contributed by atoms with E-state index in [0.29, 0.717) is 26.4 Å². The first-order valence-corrected chi connectivity index (χ1v) is 4.93. The summed E-state index contributed by atoms with van der Waals surface area (Å²) in [5.74, 6) is 0. The Morgan fingerprint density at radius 3 is 2.50 bits per heavy atom. The monoisotopic (exact) mass is 236 g/mol. The van der Waals surface area contributed by atoms with Crippen LogP contribution in [0.1, 0.15) is 4.88 Å². The summed E-state index contributed by atoms with van der Waals surface area (Å²) >= 11 is 6.47. The summed E-state index contributed by atoms with van der Waals surface area (Å²) in [6.45, 7) is 0. The molecule has 1 heterocycles. The van der Waals surface area contributed by atoms with E-state index in [2.05, 4.69) is 0 Å². The Kier molecular flexibility index (Phi) is 2.20. The predicted molar refractivity (Wildman–Crippen MR) is 51.8 cm³/mol. The minimum absolute atomic E-state index is 0.356. The van der Waals surface area contributed by atoms with Crippen LogP contribution in [0.4, 0.5) is 13.2 Å². The van der Waals surface area contributed by atoms with Gasteiger partial charge < -0.3 is 0 Å². The van der Waals surface area contributed by atoms with Crippen LogP contribution in [0.5, 0.6) is 0 Å². The summed E-state index contributed by atoms with van der Waals surface area (Å²) in [4.78, 5) is -0.611. The zero-order chi connectivity index (χ0) is 10.3. The molecule has 1 aromatic carbocycles. The molecule has 5 heteroatoms. The molecule has 0 saturated carbocycles. The Morgan fingerprint density at radius 2 is 1.93 bits per heavy atom. The molecule has 1 aromatic heterocycles. The lowest BCUT2D eigenvalue weighted by Gasteiger charge is -1.99. The maximum Gasteiger partial charge on any atom is 0.425 e. The van der Waals surface area contributed by atoms with E-state index in [1.54, 1.807) is 18.2 Å². The molecule has 0 bridgehead atoms. The van der Waals surface area contributed by atoms with E-state index in [1.165, 1.54) is 0 Å². The lowest BCUT2D eigenvalue weighted by Crippen LogP contribution is -2.00. The molecule has 0 aliphatic rings. The zero-order valence-corrected chi connectivity index (χ0v) is 8.30. The van der Waals surface area contributed by atoms with Crippen LogP contribution in [0.15, 0.2) is 24.3 Å². The Morgan fingerprint density at radius 1 is 1.21 bits per heavy atom. The normalized spacial score (nSPS) is 12.3. The molecular formula is C9H4ClF3S. The number of thiophene rings is 1. The zero-order valence-electron chi connectivity index (χ0n) is 6.73. The molecule has 2 aromatic rings. The van der Waals surface area contributed by atoms with Crippen molar-refractivity contribution in [2.75, 3.05) is 0 Å². The van der Waals surface area contributed by atoms with E-state index in [9.17, 15) is 13.2 Å². The van der Waals surface area contributed by atoms with Gasteiger partial charge in [0.05, 0.1) is 0 Å². The quantitative estimate of drug-likeness (QED) is 0.628. The van der Waals surface area contributed by atoms with Gasteiger partial charge in [0.1, 0.15) is 4.88 Å². The van der Waals surface area contributed by atoms with E-state index in [4.69, 9.17) is 11.6 Å². The third kappa shape index (κ3) is 1.60. The van der Waals surface area contributed by atoms with Gasteiger partial charge in [0.25, 0.3) is 0 Å². The Balaban J connectivity index is 2.69. The molecule has 0 nitrogen and oxygen atoms in total. The van der Waals surface area contributed by atoms with Crippen molar-refractivity contribution in [2.45, 2.75) is 6.18 Å². The SMILES string of the molecule is FC(F)(F)c1cc2c(Cl)cccc2s1. The molecule has 2 rings (SSSR count). The average molecular weight is 237 g/mol. The highest BCUT2D eigenvalue weighted by Crippen LogP contribution is 2.39. The largest absolute Gasteiger partial charge is 0.425 e. The molecule has 0 fully saturated rings. The smallest absolute Gasteiger partial charge is 0.165 e. The van der Waals surface area contributed by atoms with Gasteiger partial charge in [-0.1, -0.05) is 17.7 Å². The van der Waals surface area contributed by atoms with Crippen LogP contribution in [0.2, 0.25) is 5.02 Å². The van der Waals surface area contributed by atoms with Gasteiger partial charge in [0.15, 0.2) is 0 Å². The van der Waals surface area contributed by atoms with E-state index >= 15 is 0 Å². The Bertz CT molecular complexity index is 472. The first-order chi connectivity index (χ1) is 6.48. The molecule has 0 radical (unpaired) electrons. The van der Waals surface area contributed by atoms with E-state index < -0.39 is 11.1 Å². The second-order valence-corrected chi connectivity index (χ2v) is 4.25. The number of hydrogen-bond acceptors (Lipinski definition) is 1. The van der Waals surface area contributed by atoms with Crippen LogP contribution in [-0.2, 0) is 6.18 Å². The number of rotatable bonds is 0. The molecule has 0 spiro atoms. The number of fused-ring (bicyclic) bond motifs is 1. The van der Waals surface area contributed by atoms with Crippen LogP contribution in [0, 0.1) is 0 Å². The number of hydrogen-bond donors (Lipinski definition) is 0. The molecule has 0 N–H and O–H groups in total. The maximum atomic E-state index is 12.3. The van der Waals surface area contributed by atoms with Gasteiger partial charge in [0, 0.05) is 15.1 Å². The maximum absolute atomic E-state index is 12.3. The second-order valence-electron chi connectivity index (χ2n) is 2.76. The first kappa shape index (κ1) is 9.80. The molecule has 0 saturated heterocycles. The highest BCUT2D eigenvalue weighted by Gasteiger charge is 2.32. The Hall–Kier alpha value is -0.740. The van der Waals surface area contributed by atoms with E-state index in [-0.39, 0.29) is 0 Å².